The molecule has 0 spiro atoms. The van der Waals surface area contributed by atoms with Gasteiger partial charge in [-0.3, -0.25) is 19.3 Å². The lowest BCUT2D eigenvalue weighted by Gasteiger charge is -2.21. The van der Waals surface area contributed by atoms with Crippen LogP contribution in [0.15, 0.2) is 17.0 Å². The lowest BCUT2D eigenvalue weighted by atomic mass is 10.2. The second-order valence-corrected chi connectivity index (χ2v) is 8.24. The monoisotopic (exact) mass is 359 g/mol. The smallest absolute Gasteiger partial charge is 0.326 e. The van der Waals surface area contributed by atoms with Crippen molar-refractivity contribution in [3.8, 4) is 0 Å². The number of nitrogens with zero attached hydrogens (tertiary/aromatic N) is 1. The molecule has 2 amide bonds. The minimum absolute atomic E-state index is 0.270. The van der Waals surface area contributed by atoms with Crippen molar-refractivity contribution >= 4 is 57.9 Å². The second kappa shape index (κ2) is 6.44. The molecule has 118 valence electrons. The molecule has 0 saturated carbocycles. The summed E-state index contributed by atoms with van der Waals surface area (Å²) in [6, 6.07) is 3.47. The Balaban J connectivity index is 2.09. The van der Waals surface area contributed by atoms with Crippen LogP contribution in [-0.4, -0.2) is 34.2 Å². The standard InChI is InChI=1S/C14H14ClNO4S2/c1-14(2,3)20-11(17)7-16-12(18)9(22-13(16)19)6-8-4-5-10(15)21-8/h4-6H,7H2,1-3H3/b9-6-. The van der Waals surface area contributed by atoms with Crippen LogP contribution in [0.25, 0.3) is 6.08 Å². The van der Waals surface area contributed by atoms with Gasteiger partial charge in [-0.25, -0.2) is 0 Å². The highest BCUT2D eigenvalue weighted by Gasteiger charge is 2.37. The summed E-state index contributed by atoms with van der Waals surface area (Å²) in [5.74, 6) is -1.11. The number of rotatable bonds is 3. The van der Waals surface area contributed by atoms with Crippen LogP contribution in [0.2, 0.25) is 4.34 Å². The average Bonchev–Trinajstić information content (AvgIpc) is 2.87. The molecule has 1 fully saturated rings. The van der Waals surface area contributed by atoms with Crippen molar-refractivity contribution in [3.63, 3.8) is 0 Å². The highest BCUT2D eigenvalue weighted by atomic mass is 35.5. The van der Waals surface area contributed by atoms with E-state index in [1.807, 2.05) is 0 Å². The number of carbonyl (C=O) groups excluding carboxylic acids is 3. The van der Waals surface area contributed by atoms with Crippen LogP contribution in [0.3, 0.4) is 0 Å². The van der Waals surface area contributed by atoms with E-state index in [4.69, 9.17) is 16.3 Å². The number of thiophene rings is 1. The Morgan fingerprint density at radius 1 is 1.36 bits per heavy atom. The molecule has 0 radical (unpaired) electrons. The molecule has 8 heteroatoms. The van der Waals surface area contributed by atoms with E-state index in [1.54, 1.807) is 39.0 Å². The Morgan fingerprint density at radius 2 is 2.05 bits per heavy atom. The van der Waals surface area contributed by atoms with Crippen LogP contribution >= 0.6 is 34.7 Å². The first-order valence-corrected chi connectivity index (χ1v) is 8.39. The van der Waals surface area contributed by atoms with E-state index in [9.17, 15) is 14.4 Å². The first kappa shape index (κ1) is 17.1. The molecule has 1 saturated heterocycles. The van der Waals surface area contributed by atoms with Crippen LogP contribution in [0.4, 0.5) is 4.79 Å². The van der Waals surface area contributed by atoms with Crippen molar-refractivity contribution in [2.75, 3.05) is 6.54 Å². The molecule has 0 atom stereocenters. The molecule has 1 aliphatic heterocycles. The first-order chi connectivity index (χ1) is 10.2. The SMILES string of the molecule is CC(C)(C)OC(=O)CN1C(=O)S/C(=C\c2ccc(Cl)s2)C1=O. The minimum atomic E-state index is -0.664. The summed E-state index contributed by atoms with van der Waals surface area (Å²) < 4.78 is 5.72. The summed E-state index contributed by atoms with van der Waals surface area (Å²) in [5, 5.41) is -0.482. The predicted molar refractivity (Wildman–Crippen MR) is 87.9 cm³/mol. The zero-order valence-electron chi connectivity index (χ0n) is 12.2. The van der Waals surface area contributed by atoms with Crippen LogP contribution in [-0.2, 0) is 14.3 Å². The second-order valence-electron chi connectivity index (χ2n) is 5.50. The molecule has 22 heavy (non-hydrogen) atoms. The van der Waals surface area contributed by atoms with Gasteiger partial charge in [0.2, 0.25) is 0 Å². The van der Waals surface area contributed by atoms with Gasteiger partial charge in [-0.05, 0) is 50.7 Å². The molecule has 2 heterocycles. The zero-order chi connectivity index (χ0) is 16.5. The fourth-order valence-corrected chi connectivity index (χ4v) is 3.58. The number of ether oxygens (including phenoxy) is 1. The third-order valence-electron chi connectivity index (χ3n) is 2.45. The predicted octanol–water partition coefficient (Wildman–Crippen LogP) is 3.78. The van der Waals surface area contributed by atoms with Gasteiger partial charge in [-0.15, -0.1) is 11.3 Å². The lowest BCUT2D eigenvalue weighted by Crippen LogP contribution is -2.37. The molecule has 0 aromatic carbocycles. The van der Waals surface area contributed by atoms with E-state index >= 15 is 0 Å². The molecule has 1 aromatic rings. The van der Waals surface area contributed by atoms with Crippen molar-refractivity contribution in [2.45, 2.75) is 26.4 Å². The molecule has 0 unspecified atom stereocenters. The highest BCUT2D eigenvalue weighted by Crippen LogP contribution is 2.34. The molecule has 1 aliphatic rings. The van der Waals surface area contributed by atoms with Gasteiger partial charge in [-0.2, -0.15) is 0 Å². The lowest BCUT2D eigenvalue weighted by molar-refractivity contribution is -0.156. The van der Waals surface area contributed by atoms with Gasteiger partial charge in [0.1, 0.15) is 12.1 Å². The quantitative estimate of drug-likeness (QED) is 0.607. The van der Waals surface area contributed by atoms with Gasteiger partial charge in [0.15, 0.2) is 0 Å². The van der Waals surface area contributed by atoms with E-state index in [0.29, 0.717) is 4.34 Å². The van der Waals surface area contributed by atoms with Gasteiger partial charge in [0.25, 0.3) is 11.1 Å². The zero-order valence-corrected chi connectivity index (χ0v) is 14.6. The van der Waals surface area contributed by atoms with E-state index in [-0.39, 0.29) is 11.4 Å². The van der Waals surface area contributed by atoms with Gasteiger partial charge >= 0.3 is 5.97 Å². The number of thioether (sulfide) groups is 1. The minimum Gasteiger partial charge on any atom is -0.459 e. The maximum absolute atomic E-state index is 12.2. The van der Waals surface area contributed by atoms with Crippen LogP contribution in [0.1, 0.15) is 25.6 Å². The molecule has 2 rings (SSSR count). The topological polar surface area (TPSA) is 63.7 Å². The van der Waals surface area contributed by atoms with Crippen LogP contribution < -0.4 is 0 Å². The Hall–Kier alpha value is -1.31. The Bertz CT molecular complexity index is 660. The van der Waals surface area contributed by atoms with Crippen molar-refractivity contribution in [3.05, 3.63) is 26.3 Å². The molecule has 0 bridgehead atoms. The number of amides is 2. The van der Waals surface area contributed by atoms with Crippen LogP contribution in [0.5, 0.6) is 0 Å². The Labute approximate surface area is 141 Å². The van der Waals surface area contributed by atoms with Crippen molar-refractivity contribution in [1.82, 2.24) is 4.90 Å². The number of imide groups is 1. The van der Waals surface area contributed by atoms with Crippen molar-refractivity contribution < 1.29 is 19.1 Å². The normalized spacial score (nSPS) is 17.5. The number of halogens is 1. The van der Waals surface area contributed by atoms with Gasteiger partial charge < -0.3 is 4.74 Å². The summed E-state index contributed by atoms with van der Waals surface area (Å²) in [5.41, 5.74) is -0.664. The van der Waals surface area contributed by atoms with E-state index in [2.05, 4.69) is 0 Å². The molecular weight excluding hydrogens is 346 g/mol. The van der Waals surface area contributed by atoms with Gasteiger partial charge in [0, 0.05) is 4.88 Å². The fraction of sp³-hybridized carbons (Fsp3) is 0.357. The molecule has 5 nitrogen and oxygen atoms in total. The number of hydrogen-bond acceptors (Lipinski definition) is 6. The van der Waals surface area contributed by atoms with E-state index in [1.165, 1.54) is 11.3 Å². The molecule has 0 N–H and O–H groups in total. The van der Waals surface area contributed by atoms with Gasteiger partial charge in [0.05, 0.1) is 9.24 Å². The number of carbonyl (C=O) groups is 3. The van der Waals surface area contributed by atoms with E-state index < -0.39 is 22.7 Å². The van der Waals surface area contributed by atoms with Crippen LogP contribution in [0, 0.1) is 0 Å². The fourth-order valence-electron chi connectivity index (χ4n) is 1.67. The van der Waals surface area contributed by atoms with Crippen molar-refractivity contribution in [1.29, 1.82) is 0 Å². The van der Waals surface area contributed by atoms with E-state index in [0.717, 1.165) is 21.5 Å². The third kappa shape index (κ3) is 4.34. The molecule has 0 aliphatic carbocycles. The average molecular weight is 360 g/mol. The summed E-state index contributed by atoms with van der Waals surface area (Å²) >= 11 is 7.93. The molecule has 1 aromatic heterocycles. The Kier molecular flexibility index (Phi) is 4.99. The van der Waals surface area contributed by atoms with Gasteiger partial charge in [-0.1, -0.05) is 11.6 Å². The maximum Gasteiger partial charge on any atom is 0.326 e. The van der Waals surface area contributed by atoms with Crippen molar-refractivity contribution in [2.24, 2.45) is 0 Å². The number of esters is 1. The largest absolute Gasteiger partial charge is 0.459 e. The summed E-state index contributed by atoms with van der Waals surface area (Å²) in [6.45, 7) is 4.78. The maximum atomic E-state index is 12.2. The summed E-state index contributed by atoms with van der Waals surface area (Å²) in [7, 11) is 0. The highest BCUT2D eigenvalue weighted by molar-refractivity contribution is 8.18. The summed E-state index contributed by atoms with van der Waals surface area (Å²) in [6.07, 6.45) is 1.59. The summed E-state index contributed by atoms with van der Waals surface area (Å²) in [4.78, 5) is 37.8. The Morgan fingerprint density at radius 3 is 2.59 bits per heavy atom. The molecular formula is C14H14ClNO4S2. The number of hydrogen-bond donors (Lipinski definition) is 0. The third-order valence-corrected chi connectivity index (χ3v) is 4.53. The first-order valence-electron chi connectivity index (χ1n) is 6.38.